The Morgan fingerprint density at radius 2 is 2.08 bits per heavy atom. The van der Waals surface area contributed by atoms with Crippen LogP contribution in [0.2, 0.25) is 0 Å². The number of hydrogen-bond donors (Lipinski definition) is 2. The van der Waals surface area contributed by atoms with E-state index in [0.29, 0.717) is 15.2 Å². The molecule has 26 heavy (non-hydrogen) atoms. The number of hydrogen-bond acceptors (Lipinski definition) is 5. The standard InChI is InChI=1S/C16H17F3N4O2S/c1-4-26-10-6-5-7-21-13(10)14(24)22-9-8-11(16(17,18)19)23(3)15(25)12(9)20-2/h5-8,20H,4H2,1-3H3,(H,22,24). The number of nitrogens with one attached hydrogen (secondary N) is 2. The van der Waals surface area contributed by atoms with Gasteiger partial charge in [-0.2, -0.15) is 13.2 Å². The van der Waals surface area contributed by atoms with Gasteiger partial charge in [0.05, 0.1) is 5.69 Å². The molecule has 2 heterocycles. The molecule has 0 unspecified atom stereocenters. The fraction of sp³-hybridized carbons (Fsp3) is 0.312. The van der Waals surface area contributed by atoms with Gasteiger partial charge in [-0.25, -0.2) is 4.98 Å². The van der Waals surface area contributed by atoms with Crippen molar-refractivity contribution in [1.82, 2.24) is 9.55 Å². The van der Waals surface area contributed by atoms with Crippen LogP contribution >= 0.6 is 11.8 Å². The van der Waals surface area contributed by atoms with Gasteiger partial charge in [-0.15, -0.1) is 11.8 Å². The lowest BCUT2D eigenvalue weighted by atomic mass is 10.2. The lowest BCUT2D eigenvalue weighted by molar-refractivity contribution is -0.143. The second kappa shape index (κ2) is 7.81. The van der Waals surface area contributed by atoms with Gasteiger partial charge >= 0.3 is 6.18 Å². The van der Waals surface area contributed by atoms with Gasteiger partial charge in [0.2, 0.25) is 0 Å². The largest absolute Gasteiger partial charge is 0.431 e. The fourth-order valence-electron chi connectivity index (χ4n) is 2.32. The van der Waals surface area contributed by atoms with Crippen LogP contribution in [0, 0.1) is 0 Å². The quantitative estimate of drug-likeness (QED) is 0.772. The number of alkyl halides is 3. The van der Waals surface area contributed by atoms with Crippen molar-refractivity contribution in [1.29, 1.82) is 0 Å². The summed E-state index contributed by atoms with van der Waals surface area (Å²) in [5, 5.41) is 4.91. The molecule has 0 atom stereocenters. The van der Waals surface area contributed by atoms with Crippen molar-refractivity contribution in [2.45, 2.75) is 18.0 Å². The highest BCUT2D eigenvalue weighted by atomic mass is 32.2. The van der Waals surface area contributed by atoms with Gasteiger partial charge in [-0.1, -0.05) is 6.92 Å². The molecule has 0 aromatic carbocycles. The van der Waals surface area contributed by atoms with E-state index in [4.69, 9.17) is 0 Å². The van der Waals surface area contributed by atoms with E-state index in [-0.39, 0.29) is 17.1 Å². The highest BCUT2D eigenvalue weighted by Crippen LogP contribution is 2.32. The first-order valence-electron chi connectivity index (χ1n) is 7.58. The summed E-state index contributed by atoms with van der Waals surface area (Å²) >= 11 is 1.38. The number of thioether (sulfide) groups is 1. The molecule has 2 rings (SSSR count). The van der Waals surface area contributed by atoms with Gasteiger partial charge in [0.15, 0.2) is 0 Å². The van der Waals surface area contributed by atoms with Crippen LogP contribution < -0.4 is 16.2 Å². The Morgan fingerprint density at radius 1 is 1.38 bits per heavy atom. The van der Waals surface area contributed by atoms with Crippen LogP contribution in [0.4, 0.5) is 24.5 Å². The first kappa shape index (κ1) is 19.8. The molecule has 2 N–H and O–H groups in total. The molecule has 0 radical (unpaired) electrons. The third kappa shape index (κ3) is 4.01. The minimum atomic E-state index is -4.74. The first-order chi connectivity index (χ1) is 12.2. The number of nitrogens with zero attached hydrogens (tertiary/aromatic N) is 2. The summed E-state index contributed by atoms with van der Waals surface area (Å²) in [5.41, 5.74) is -2.39. The van der Waals surface area contributed by atoms with E-state index in [9.17, 15) is 22.8 Å². The maximum Gasteiger partial charge on any atom is 0.431 e. The summed E-state index contributed by atoms with van der Waals surface area (Å²) in [4.78, 5) is 29.3. The van der Waals surface area contributed by atoms with E-state index < -0.39 is 23.3 Å². The third-order valence-electron chi connectivity index (χ3n) is 3.50. The van der Waals surface area contributed by atoms with E-state index in [1.54, 1.807) is 12.1 Å². The molecule has 0 spiro atoms. The SMILES string of the molecule is CCSc1cccnc1C(=O)Nc1cc(C(F)(F)F)n(C)c(=O)c1NC. The highest BCUT2D eigenvalue weighted by Gasteiger charge is 2.35. The highest BCUT2D eigenvalue weighted by molar-refractivity contribution is 7.99. The van der Waals surface area contributed by atoms with Crippen molar-refractivity contribution in [3.63, 3.8) is 0 Å². The monoisotopic (exact) mass is 386 g/mol. The summed E-state index contributed by atoms with van der Waals surface area (Å²) < 4.78 is 40.0. The molecule has 0 aliphatic carbocycles. The average molecular weight is 386 g/mol. The summed E-state index contributed by atoms with van der Waals surface area (Å²) in [5.74, 6) is -0.00267. The molecule has 2 aromatic rings. The van der Waals surface area contributed by atoms with Gasteiger partial charge in [-0.05, 0) is 24.0 Å². The number of anilines is 2. The van der Waals surface area contributed by atoms with E-state index >= 15 is 0 Å². The summed E-state index contributed by atoms with van der Waals surface area (Å²) in [6.07, 6.45) is -3.33. The van der Waals surface area contributed by atoms with Crippen LogP contribution in [0.1, 0.15) is 23.1 Å². The molecule has 0 fully saturated rings. The molecule has 0 bridgehead atoms. The number of aromatic nitrogens is 2. The summed E-state index contributed by atoms with van der Waals surface area (Å²) in [7, 11) is 2.41. The fourth-order valence-corrected chi connectivity index (χ4v) is 3.09. The minimum absolute atomic E-state index is 0.0793. The van der Waals surface area contributed by atoms with Crippen molar-refractivity contribution in [3.05, 3.63) is 46.1 Å². The zero-order valence-electron chi connectivity index (χ0n) is 14.3. The van der Waals surface area contributed by atoms with Gasteiger partial charge < -0.3 is 15.2 Å². The van der Waals surface area contributed by atoms with E-state index in [1.165, 1.54) is 25.0 Å². The van der Waals surface area contributed by atoms with E-state index in [0.717, 1.165) is 13.1 Å². The van der Waals surface area contributed by atoms with Gasteiger partial charge in [-0.3, -0.25) is 9.59 Å². The molecular weight excluding hydrogens is 369 g/mol. The predicted octanol–water partition coefficient (Wildman–Crippen LogP) is 3.21. The number of amides is 1. The van der Waals surface area contributed by atoms with Crippen LogP contribution in [0.5, 0.6) is 0 Å². The van der Waals surface area contributed by atoms with Crippen LogP contribution in [-0.2, 0) is 13.2 Å². The molecule has 2 aromatic heterocycles. The molecule has 6 nitrogen and oxygen atoms in total. The molecular formula is C16H17F3N4O2S. The number of halogens is 3. The Balaban J connectivity index is 2.51. The Morgan fingerprint density at radius 3 is 2.65 bits per heavy atom. The average Bonchev–Trinajstić information content (AvgIpc) is 2.58. The van der Waals surface area contributed by atoms with Crippen LogP contribution in [-0.4, -0.2) is 28.3 Å². The van der Waals surface area contributed by atoms with Gasteiger partial charge in [0, 0.05) is 25.2 Å². The number of pyridine rings is 2. The molecule has 10 heteroatoms. The second-order valence-electron chi connectivity index (χ2n) is 5.17. The summed E-state index contributed by atoms with van der Waals surface area (Å²) in [6.45, 7) is 1.90. The van der Waals surface area contributed by atoms with E-state index in [2.05, 4.69) is 15.6 Å². The zero-order valence-corrected chi connectivity index (χ0v) is 15.1. The molecule has 0 saturated heterocycles. The molecule has 0 saturated carbocycles. The molecule has 0 aliphatic heterocycles. The predicted molar refractivity (Wildman–Crippen MR) is 94.8 cm³/mol. The van der Waals surface area contributed by atoms with Crippen molar-refractivity contribution in [3.8, 4) is 0 Å². The van der Waals surface area contributed by atoms with Crippen molar-refractivity contribution in [2.24, 2.45) is 7.05 Å². The molecule has 0 aliphatic rings. The Labute approximate surface area is 151 Å². The normalized spacial score (nSPS) is 11.3. The maximum absolute atomic E-state index is 13.2. The number of rotatable bonds is 5. The number of carbonyl (C=O) groups is 1. The van der Waals surface area contributed by atoms with Crippen LogP contribution in [0.25, 0.3) is 0 Å². The lowest BCUT2D eigenvalue weighted by Gasteiger charge is -2.17. The van der Waals surface area contributed by atoms with Crippen molar-refractivity contribution in [2.75, 3.05) is 23.4 Å². The Hall–Kier alpha value is -2.49. The second-order valence-corrected chi connectivity index (χ2v) is 6.47. The topological polar surface area (TPSA) is 76.0 Å². The molecule has 140 valence electrons. The third-order valence-corrected chi connectivity index (χ3v) is 4.43. The Kier molecular flexibility index (Phi) is 5.96. The van der Waals surface area contributed by atoms with Crippen LogP contribution in [0.3, 0.4) is 0 Å². The Bertz CT molecular complexity index is 881. The smallest absolute Gasteiger partial charge is 0.382 e. The van der Waals surface area contributed by atoms with Crippen LogP contribution in [0.15, 0.2) is 34.1 Å². The number of carbonyl (C=O) groups excluding carboxylic acids is 1. The minimum Gasteiger partial charge on any atom is -0.382 e. The summed E-state index contributed by atoms with van der Waals surface area (Å²) in [6, 6.07) is 4.08. The van der Waals surface area contributed by atoms with Crippen molar-refractivity contribution >= 4 is 29.0 Å². The first-order valence-corrected chi connectivity index (χ1v) is 8.57. The zero-order chi connectivity index (χ0) is 19.5. The van der Waals surface area contributed by atoms with Crippen molar-refractivity contribution < 1.29 is 18.0 Å². The van der Waals surface area contributed by atoms with E-state index in [1.807, 2.05) is 6.92 Å². The van der Waals surface area contributed by atoms with Gasteiger partial charge in [0.1, 0.15) is 17.1 Å². The van der Waals surface area contributed by atoms with Gasteiger partial charge in [0.25, 0.3) is 11.5 Å². The molecule has 1 amide bonds. The maximum atomic E-state index is 13.2. The lowest BCUT2D eigenvalue weighted by Crippen LogP contribution is -2.29.